The molecule has 6 heteroatoms. The number of nitrogens with zero attached hydrogens (tertiary/aromatic N) is 2. The number of rotatable bonds is 3. The Morgan fingerprint density at radius 2 is 1.86 bits per heavy atom. The first-order valence-electron chi connectivity index (χ1n) is 6.24. The van der Waals surface area contributed by atoms with Gasteiger partial charge in [-0.05, 0) is 35.9 Å². The van der Waals surface area contributed by atoms with Gasteiger partial charge in [0.15, 0.2) is 5.82 Å². The third-order valence-corrected chi connectivity index (χ3v) is 3.95. The highest BCUT2D eigenvalue weighted by atomic mass is 79.9. The zero-order chi connectivity index (χ0) is 14.8. The van der Waals surface area contributed by atoms with Gasteiger partial charge in [-0.3, -0.25) is 0 Å². The Bertz CT molecular complexity index is 786. The first kappa shape index (κ1) is 14.3. The number of nitrogen functional groups attached to an aromatic ring is 1. The Morgan fingerprint density at radius 1 is 1.05 bits per heavy atom. The molecule has 0 fully saturated rings. The van der Waals surface area contributed by atoms with E-state index >= 15 is 0 Å². The SMILES string of the molecule is Nc1cc(Br)ccc1-c1nc(Cc2cccc(Br)c2)no1. The van der Waals surface area contributed by atoms with Gasteiger partial charge < -0.3 is 10.3 Å². The lowest BCUT2D eigenvalue weighted by molar-refractivity contribution is 0.424. The fraction of sp³-hybridized carbons (Fsp3) is 0.0667. The van der Waals surface area contributed by atoms with Crippen LogP contribution >= 0.6 is 31.9 Å². The van der Waals surface area contributed by atoms with E-state index in [0.717, 1.165) is 20.1 Å². The molecule has 2 N–H and O–H groups in total. The van der Waals surface area contributed by atoms with Crippen LogP contribution in [0.3, 0.4) is 0 Å². The van der Waals surface area contributed by atoms with Gasteiger partial charge in [-0.1, -0.05) is 49.1 Å². The van der Waals surface area contributed by atoms with Crippen LogP contribution in [0, 0.1) is 0 Å². The van der Waals surface area contributed by atoms with E-state index in [-0.39, 0.29) is 0 Å². The predicted molar refractivity (Wildman–Crippen MR) is 88.8 cm³/mol. The molecule has 21 heavy (non-hydrogen) atoms. The van der Waals surface area contributed by atoms with Crippen molar-refractivity contribution in [1.82, 2.24) is 10.1 Å². The summed E-state index contributed by atoms with van der Waals surface area (Å²) >= 11 is 6.82. The molecule has 0 radical (unpaired) electrons. The van der Waals surface area contributed by atoms with Gasteiger partial charge in [0.2, 0.25) is 0 Å². The van der Waals surface area contributed by atoms with E-state index in [9.17, 15) is 0 Å². The normalized spacial score (nSPS) is 10.8. The molecular weight excluding hydrogens is 398 g/mol. The van der Waals surface area contributed by atoms with Crippen molar-refractivity contribution < 1.29 is 4.52 Å². The third-order valence-electron chi connectivity index (χ3n) is 2.96. The summed E-state index contributed by atoms with van der Waals surface area (Å²) in [5.74, 6) is 1.07. The monoisotopic (exact) mass is 407 g/mol. The van der Waals surface area contributed by atoms with Gasteiger partial charge in [0.05, 0.1) is 5.56 Å². The van der Waals surface area contributed by atoms with Crippen molar-refractivity contribution in [2.45, 2.75) is 6.42 Å². The van der Waals surface area contributed by atoms with Crippen LogP contribution in [0.25, 0.3) is 11.5 Å². The first-order chi connectivity index (χ1) is 10.1. The molecule has 2 aromatic carbocycles. The van der Waals surface area contributed by atoms with Crippen molar-refractivity contribution in [3.8, 4) is 11.5 Å². The van der Waals surface area contributed by atoms with Crippen LogP contribution in [-0.2, 0) is 6.42 Å². The van der Waals surface area contributed by atoms with Gasteiger partial charge in [-0.2, -0.15) is 4.98 Å². The summed E-state index contributed by atoms with van der Waals surface area (Å²) < 4.78 is 7.25. The second-order valence-electron chi connectivity index (χ2n) is 4.55. The van der Waals surface area contributed by atoms with E-state index in [1.165, 1.54) is 0 Å². The van der Waals surface area contributed by atoms with Crippen molar-refractivity contribution in [3.05, 3.63) is 62.8 Å². The topological polar surface area (TPSA) is 64.9 Å². The van der Waals surface area contributed by atoms with Crippen molar-refractivity contribution in [2.75, 3.05) is 5.73 Å². The molecule has 0 aliphatic heterocycles. The molecule has 1 heterocycles. The number of benzene rings is 2. The Morgan fingerprint density at radius 3 is 2.62 bits per heavy atom. The zero-order valence-corrected chi connectivity index (χ0v) is 14.1. The molecule has 0 amide bonds. The fourth-order valence-electron chi connectivity index (χ4n) is 1.99. The summed E-state index contributed by atoms with van der Waals surface area (Å²) in [6.45, 7) is 0. The van der Waals surface area contributed by atoms with E-state index in [1.54, 1.807) is 0 Å². The lowest BCUT2D eigenvalue weighted by Crippen LogP contribution is -1.92. The van der Waals surface area contributed by atoms with Gasteiger partial charge >= 0.3 is 0 Å². The predicted octanol–water partition coefficient (Wildman–Crippen LogP) is 4.43. The van der Waals surface area contributed by atoms with Gasteiger partial charge in [0.1, 0.15) is 0 Å². The van der Waals surface area contributed by atoms with Crippen molar-refractivity contribution >= 4 is 37.5 Å². The smallest absolute Gasteiger partial charge is 0.260 e. The largest absolute Gasteiger partial charge is 0.398 e. The summed E-state index contributed by atoms with van der Waals surface area (Å²) in [4.78, 5) is 4.41. The first-order valence-corrected chi connectivity index (χ1v) is 7.83. The van der Waals surface area contributed by atoms with Gasteiger partial charge in [-0.25, -0.2) is 0 Å². The number of aromatic nitrogens is 2. The number of halogens is 2. The van der Waals surface area contributed by atoms with Gasteiger partial charge in [-0.15, -0.1) is 0 Å². The molecule has 0 aliphatic carbocycles. The van der Waals surface area contributed by atoms with Crippen molar-refractivity contribution in [1.29, 1.82) is 0 Å². The van der Waals surface area contributed by atoms with Crippen LogP contribution in [0.15, 0.2) is 55.9 Å². The third kappa shape index (κ3) is 3.33. The minimum Gasteiger partial charge on any atom is -0.398 e. The van der Waals surface area contributed by atoms with E-state index < -0.39 is 0 Å². The highest BCUT2D eigenvalue weighted by Crippen LogP contribution is 2.27. The number of hydrogen-bond donors (Lipinski definition) is 1. The minimum atomic E-state index is 0.435. The van der Waals surface area contributed by atoms with Gasteiger partial charge in [0, 0.05) is 21.1 Å². The number of anilines is 1. The quantitative estimate of drug-likeness (QED) is 0.650. The molecule has 4 nitrogen and oxygen atoms in total. The molecule has 0 bridgehead atoms. The molecule has 1 aromatic heterocycles. The van der Waals surface area contributed by atoms with Crippen LogP contribution in [0.2, 0.25) is 0 Å². The maximum Gasteiger partial charge on any atom is 0.260 e. The Kier molecular flexibility index (Phi) is 4.07. The number of nitrogens with two attached hydrogens (primary N) is 1. The number of hydrogen-bond acceptors (Lipinski definition) is 4. The van der Waals surface area contributed by atoms with E-state index in [4.69, 9.17) is 10.3 Å². The maximum absolute atomic E-state index is 5.97. The average Bonchev–Trinajstić information content (AvgIpc) is 2.87. The van der Waals surface area contributed by atoms with Crippen molar-refractivity contribution in [3.63, 3.8) is 0 Å². The molecule has 0 saturated heterocycles. The summed E-state index contributed by atoms with van der Waals surface area (Å²) in [6.07, 6.45) is 0.610. The molecule has 0 aliphatic rings. The molecule has 106 valence electrons. The highest BCUT2D eigenvalue weighted by molar-refractivity contribution is 9.10. The molecule has 3 aromatic rings. The van der Waals surface area contributed by atoms with E-state index in [2.05, 4.69) is 42.0 Å². The average molecular weight is 409 g/mol. The van der Waals surface area contributed by atoms with Crippen LogP contribution < -0.4 is 5.73 Å². The van der Waals surface area contributed by atoms with Crippen molar-refractivity contribution in [2.24, 2.45) is 0 Å². The van der Waals surface area contributed by atoms with Crippen LogP contribution in [-0.4, -0.2) is 10.1 Å². The van der Waals surface area contributed by atoms with Crippen LogP contribution in [0.4, 0.5) is 5.69 Å². The molecule has 0 unspecified atom stereocenters. The molecule has 3 rings (SSSR count). The Labute approximate surface area is 138 Å². The molecule has 0 saturated carbocycles. The van der Waals surface area contributed by atoms with E-state index in [1.807, 2.05) is 42.5 Å². The standard InChI is InChI=1S/C15H11Br2N3O/c16-10-3-1-2-9(6-10)7-14-19-15(21-20-14)12-5-4-11(17)8-13(12)18/h1-6,8H,7,18H2. The maximum atomic E-state index is 5.97. The lowest BCUT2D eigenvalue weighted by Gasteiger charge is -2.00. The Hall–Kier alpha value is -1.66. The summed E-state index contributed by atoms with van der Waals surface area (Å²) in [7, 11) is 0. The summed E-state index contributed by atoms with van der Waals surface area (Å²) in [5, 5.41) is 4.01. The summed E-state index contributed by atoms with van der Waals surface area (Å²) in [6, 6.07) is 13.6. The Balaban J connectivity index is 1.86. The highest BCUT2D eigenvalue weighted by Gasteiger charge is 2.12. The second kappa shape index (κ2) is 5.99. The van der Waals surface area contributed by atoms with E-state index in [0.29, 0.717) is 23.8 Å². The minimum absolute atomic E-state index is 0.435. The molecule has 0 atom stereocenters. The molecular formula is C15H11Br2N3O. The van der Waals surface area contributed by atoms with Gasteiger partial charge in [0.25, 0.3) is 5.89 Å². The molecule has 0 spiro atoms. The zero-order valence-electron chi connectivity index (χ0n) is 10.9. The summed E-state index contributed by atoms with van der Waals surface area (Å²) in [5.41, 5.74) is 8.42. The fourth-order valence-corrected chi connectivity index (χ4v) is 2.82. The van der Waals surface area contributed by atoms with Crippen LogP contribution in [0.5, 0.6) is 0 Å². The van der Waals surface area contributed by atoms with Crippen LogP contribution in [0.1, 0.15) is 11.4 Å². The second-order valence-corrected chi connectivity index (χ2v) is 6.39. The lowest BCUT2D eigenvalue weighted by atomic mass is 10.1.